The third-order valence-electron chi connectivity index (χ3n) is 4.10. The van der Waals surface area contributed by atoms with Crippen molar-refractivity contribution in [1.29, 1.82) is 0 Å². The predicted octanol–water partition coefficient (Wildman–Crippen LogP) is 0.952. The summed E-state index contributed by atoms with van der Waals surface area (Å²) in [6.07, 6.45) is 1.68. The molecule has 2 aliphatic rings. The van der Waals surface area contributed by atoms with Crippen molar-refractivity contribution >= 4 is 11.8 Å². The number of hydrogen-bond donors (Lipinski definition) is 1. The van der Waals surface area contributed by atoms with Gasteiger partial charge in [-0.1, -0.05) is 0 Å². The van der Waals surface area contributed by atoms with Gasteiger partial charge in [0.05, 0.1) is 13.2 Å². The number of ether oxygens (including phenoxy) is 1. The molecule has 6 heteroatoms. The molecular weight excluding hydrogens is 275 g/mol. The smallest absolute Gasteiger partial charge is 0.237 e. The Morgan fingerprint density at radius 2 is 2.24 bits per heavy atom. The number of carbonyl (C=O) groups excluding carboxylic acids is 2. The van der Waals surface area contributed by atoms with E-state index in [1.807, 2.05) is 6.07 Å². The Morgan fingerprint density at radius 1 is 1.43 bits per heavy atom. The highest BCUT2D eigenvalue weighted by molar-refractivity contribution is 5.84. The van der Waals surface area contributed by atoms with Gasteiger partial charge in [-0.3, -0.25) is 9.59 Å². The van der Waals surface area contributed by atoms with Gasteiger partial charge in [0.15, 0.2) is 0 Å². The van der Waals surface area contributed by atoms with Crippen molar-refractivity contribution in [1.82, 2.24) is 4.90 Å². The number of nitrogens with two attached hydrogens (primary N) is 1. The molecule has 0 radical (unpaired) electrons. The minimum absolute atomic E-state index is 0.102. The number of piperidine rings is 1. The van der Waals surface area contributed by atoms with Crippen LogP contribution < -0.4 is 10.5 Å². The summed E-state index contributed by atoms with van der Waals surface area (Å²) in [5, 5.41) is 0. The van der Waals surface area contributed by atoms with Gasteiger partial charge in [0.2, 0.25) is 11.8 Å². The number of amides is 2. The number of fused-ring (bicyclic) bond motifs is 1. The zero-order chi connectivity index (χ0) is 15.0. The highest BCUT2D eigenvalue weighted by Crippen LogP contribution is 2.35. The normalized spacial score (nSPS) is 21.1. The van der Waals surface area contributed by atoms with Gasteiger partial charge in [-0.15, -0.1) is 0 Å². The van der Waals surface area contributed by atoms with Gasteiger partial charge in [0, 0.05) is 31.4 Å². The molecule has 0 aliphatic carbocycles. The first-order chi connectivity index (χ1) is 10.0. The highest BCUT2D eigenvalue weighted by Gasteiger charge is 2.30. The molecule has 0 unspecified atom stereocenters. The molecule has 2 heterocycles. The summed E-state index contributed by atoms with van der Waals surface area (Å²) in [4.78, 5) is 24.2. The van der Waals surface area contributed by atoms with E-state index in [0.717, 1.165) is 12.0 Å². The molecule has 0 spiro atoms. The van der Waals surface area contributed by atoms with E-state index in [4.69, 9.17) is 10.5 Å². The Balaban J connectivity index is 1.83. The van der Waals surface area contributed by atoms with Gasteiger partial charge >= 0.3 is 0 Å². The fourth-order valence-corrected chi connectivity index (χ4v) is 3.04. The molecule has 112 valence electrons. The molecule has 2 amide bonds. The van der Waals surface area contributed by atoms with Crippen molar-refractivity contribution in [2.75, 3.05) is 19.7 Å². The lowest BCUT2D eigenvalue weighted by atomic mass is 9.88. The van der Waals surface area contributed by atoms with E-state index in [1.54, 1.807) is 0 Å². The van der Waals surface area contributed by atoms with Crippen LogP contribution in [-0.2, 0) is 16.0 Å². The molecule has 1 fully saturated rings. The number of carbonyl (C=O) groups is 2. The van der Waals surface area contributed by atoms with E-state index in [2.05, 4.69) is 0 Å². The van der Waals surface area contributed by atoms with E-state index in [9.17, 15) is 14.0 Å². The van der Waals surface area contributed by atoms with Crippen LogP contribution in [0.2, 0.25) is 0 Å². The Kier molecular flexibility index (Phi) is 3.53. The number of nitrogens with zero attached hydrogens (tertiary/aromatic N) is 1. The van der Waals surface area contributed by atoms with Gasteiger partial charge in [-0.2, -0.15) is 0 Å². The average molecular weight is 292 g/mol. The maximum absolute atomic E-state index is 14.2. The van der Waals surface area contributed by atoms with Crippen LogP contribution in [0.4, 0.5) is 4.39 Å². The second-order valence-corrected chi connectivity index (χ2v) is 5.56. The number of hydrogen-bond acceptors (Lipinski definition) is 3. The summed E-state index contributed by atoms with van der Waals surface area (Å²) < 4.78 is 19.6. The van der Waals surface area contributed by atoms with Crippen LogP contribution in [0, 0.1) is 5.82 Å². The van der Waals surface area contributed by atoms with Gasteiger partial charge in [0.25, 0.3) is 0 Å². The Labute approximate surface area is 121 Å². The SMILES string of the molecule is NC(=O)CN1C[C@@H](c2cc3c(cc2F)OCC3)CCC1=O. The Morgan fingerprint density at radius 3 is 3.00 bits per heavy atom. The van der Waals surface area contributed by atoms with Crippen LogP contribution in [0.1, 0.15) is 29.9 Å². The van der Waals surface area contributed by atoms with Gasteiger partial charge < -0.3 is 15.4 Å². The van der Waals surface area contributed by atoms with Crippen molar-refractivity contribution in [3.63, 3.8) is 0 Å². The van der Waals surface area contributed by atoms with Gasteiger partial charge in [-0.05, 0) is 23.6 Å². The first kappa shape index (κ1) is 13.9. The number of halogens is 1. The quantitative estimate of drug-likeness (QED) is 0.901. The summed E-state index contributed by atoms with van der Waals surface area (Å²) in [5.41, 5.74) is 6.75. The van der Waals surface area contributed by atoms with Crippen molar-refractivity contribution in [3.8, 4) is 5.75 Å². The van der Waals surface area contributed by atoms with Crippen molar-refractivity contribution in [2.24, 2.45) is 5.73 Å². The Bertz CT molecular complexity index is 603. The monoisotopic (exact) mass is 292 g/mol. The molecule has 21 heavy (non-hydrogen) atoms. The molecule has 5 nitrogen and oxygen atoms in total. The average Bonchev–Trinajstić information content (AvgIpc) is 2.87. The minimum atomic E-state index is -0.549. The molecule has 3 rings (SSSR count). The van der Waals surface area contributed by atoms with E-state index in [-0.39, 0.29) is 24.2 Å². The Hall–Kier alpha value is -2.11. The zero-order valence-corrected chi connectivity index (χ0v) is 11.6. The lowest BCUT2D eigenvalue weighted by molar-refractivity contribution is -0.137. The first-order valence-electron chi connectivity index (χ1n) is 7.06. The van der Waals surface area contributed by atoms with Gasteiger partial charge in [-0.25, -0.2) is 4.39 Å². The van der Waals surface area contributed by atoms with E-state index in [0.29, 0.717) is 37.3 Å². The largest absolute Gasteiger partial charge is 0.493 e. The summed E-state index contributed by atoms with van der Waals surface area (Å²) >= 11 is 0. The fourth-order valence-electron chi connectivity index (χ4n) is 3.04. The van der Waals surface area contributed by atoms with Crippen LogP contribution in [0.25, 0.3) is 0 Å². The molecule has 2 aliphatic heterocycles. The summed E-state index contributed by atoms with van der Waals surface area (Å²) in [6, 6.07) is 3.26. The minimum Gasteiger partial charge on any atom is -0.493 e. The van der Waals surface area contributed by atoms with E-state index < -0.39 is 5.91 Å². The standard InChI is InChI=1S/C15H17FN2O3/c16-12-6-13-9(3-4-21-13)5-11(12)10-1-2-15(20)18(7-10)8-14(17)19/h5-6,10H,1-4,7-8H2,(H2,17,19)/t10-/m0/s1. The molecule has 2 N–H and O–H groups in total. The third-order valence-corrected chi connectivity index (χ3v) is 4.10. The topological polar surface area (TPSA) is 72.6 Å². The molecular formula is C15H17FN2O3. The second-order valence-electron chi connectivity index (χ2n) is 5.56. The molecule has 1 aromatic rings. The molecule has 0 saturated carbocycles. The molecule has 1 aromatic carbocycles. The van der Waals surface area contributed by atoms with Crippen molar-refractivity contribution < 1.29 is 18.7 Å². The maximum Gasteiger partial charge on any atom is 0.237 e. The van der Waals surface area contributed by atoms with E-state index in [1.165, 1.54) is 11.0 Å². The fraction of sp³-hybridized carbons (Fsp3) is 0.467. The molecule has 0 aromatic heterocycles. The second kappa shape index (κ2) is 5.35. The number of rotatable bonds is 3. The predicted molar refractivity (Wildman–Crippen MR) is 73.3 cm³/mol. The number of benzene rings is 1. The number of likely N-dealkylation sites (tertiary alicyclic amines) is 1. The summed E-state index contributed by atoms with van der Waals surface area (Å²) in [5.74, 6) is -0.458. The van der Waals surface area contributed by atoms with Crippen LogP contribution in [0.3, 0.4) is 0 Å². The molecule has 0 bridgehead atoms. The molecule has 1 saturated heterocycles. The lowest BCUT2D eigenvalue weighted by Gasteiger charge is -2.32. The maximum atomic E-state index is 14.2. The summed E-state index contributed by atoms with van der Waals surface area (Å²) in [6.45, 7) is 0.804. The van der Waals surface area contributed by atoms with Crippen LogP contribution in [-0.4, -0.2) is 36.4 Å². The number of primary amides is 1. The third kappa shape index (κ3) is 2.70. The van der Waals surface area contributed by atoms with Crippen molar-refractivity contribution in [3.05, 3.63) is 29.1 Å². The van der Waals surface area contributed by atoms with E-state index >= 15 is 0 Å². The first-order valence-corrected chi connectivity index (χ1v) is 7.06. The van der Waals surface area contributed by atoms with Crippen molar-refractivity contribution in [2.45, 2.75) is 25.2 Å². The van der Waals surface area contributed by atoms with Crippen LogP contribution >= 0.6 is 0 Å². The van der Waals surface area contributed by atoms with Gasteiger partial charge in [0.1, 0.15) is 11.6 Å². The van der Waals surface area contributed by atoms with Crippen LogP contribution in [0.5, 0.6) is 5.75 Å². The molecule has 1 atom stereocenters. The summed E-state index contributed by atoms with van der Waals surface area (Å²) in [7, 11) is 0. The zero-order valence-electron chi connectivity index (χ0n) is 11.6. The highest BCUT2D eigenvalue weighted by atomic mass is 19.1. The van der Waals surface area contributed by atoms with Crippen LogP contribution in [0.15, 0.2) is 12.1 Å². The lowest BCUT2D eigenvalue weighted by Crippen LogP contribution is -2.43.